The van der Waals surface area contributed by atoms with Gasteiger partial charge in [-0.25, -0.2) is 4.57 Å². The Morgan fingerprint density at radius 2 is 1.39 bits per heavy atom. The van der Waals surface area contributed by atoms with Crippen molar-refractivity contribution in [3.05, 3.63) is 70.2 Å². The van der Waals surface area contributed by atoms with Gasteiger partial charge >= 0.3 is 7.82 Å². The molecule has 0 spiro atoms. The number of hydrogen-bond donors (Lipinski definition) is 1. The van der Waals surface area contributed by atoms with Crippen molar-refractivity contribution in [3.63, 3.8) is 0 Å². The van der Waals surface area contributed by atoms with E-state index >= 15 is 0 Å². The lowest BCUT2D eigenvalue weighted by atomic mass is 9.79. The molecule has 6 nitrogen and oxygen atoms in total. The Kier molecular flexibility index (Phi) is 13.8. The molecule has 0 radical (unpaired) electrons. The Balaban J connectivity index is 1.70. The van der Waals surface area contributed by atoms with Crippen molar-refractivity contribution in [1.82, 2.24) is 0 Å². The van der Waals surface area contributed by atoms with Crippen LogP contribution in [0.15, 0.2) is 53.5 Å². The van der Waals surface area contributed by atoms with Crippen LogP contribution in [0.5, 0.6) is 17.2 Å². The predicted molar refractivity (Wildman–Crippen MR) is 182 cm³/mol. The second-order valence-corrected chi connectivity index (χ2v) is 15.9. The fraction of sp³-hybridized carbons (Fsp3) is 0.583. The molecular formula is C36H55NO5PS+. The van der Waals surface area contributed by atoms with E-state index in [1.807, 2.05) is 45.9 Å². The molecule has 1 aromatic heterocycles. The molecular weight excluding hydrogens is 589 g/mol. The van der Waals surface area contributed by atoms with E-state index in [0.29, 0.717) is 18.9 Å². The molecule has 44 heavy (non-hydrogen) atoms. The zero-order valence-electron chi connectivity index (χ0n) is 28.1. The van der Waals surface area contributed by atoms with Crippen molar-refractivity contribution in [1.29, 1.82) is 0 Å². The van der Waals surface area contributed by atoms with Gasteiger partial charge in [-0.3, -0.25) is 4.89 Å². The summed E-state index contributed by atoms with van der Waals surface area (Å²) in [6.07, 6.45) is 14.8. The van der Waals surface area contributed by atoms with Gasteiger partial charge in [0.05, 0.1) is 12.0 Å². The minimum Gasteiger partial charge on any atom is -0.494 e. The Hall–Kier alpha value is -2.34. The third kappa shape index (κ3) is 12.2. The first-order chi connectivity index (χ1) is 20.8. The van der Waals surface area contributed by atoms with Gasteiger partial charge in [0.25, 0.3) is 0 Å². The summed E-state index contributed by atoms with van der Waals surface area (Å²) in [6, 6.07) is 11.1. The number of benzene rings is 2. The van der Waals surface area contributed by atoms with Crippen molar-refractivity contribution in [3.8, 4) is 17.2 Å². The van der Waals surface area contributed by atoms with Crippen LogP contribution in [0.1, 0.15) is 129 Å². The number of unbranched alkanes of at least 4 members (excludes halogenated alkanes) is 9. The summed E-state index contributed by atoms with van der Waals surface area (Å²) in [6.45, 7) is 16.0. The summed E-state index contributed by atoms with van der Waals surface area (Å²) in [5, 5.41) is 2.00. The Morgan fingerprint density at radius 1 is 0.795 bits per heavy atom. The van der Waals surface area contributed by atoms with E-state index in [1.54, 1.807) is 23.5 Å². The number of nitrogens with zero attached hydrogens (tertiary/aromatic N) is 1. The molecule has 2 aromatic carbocycles. The second kappa shape index (κ2) is 16.8. The van der Waals surface area contributed by atoms with E-state index < -0.39 is 7.82 Å². The number of rotatable bonds is 18. The van der Waals surface area contributed by atoms with Gasteiger partial charge in [0.2, 0.25) is 5.51 Å². The molecule has 0 aliphatic carbocycles. The lowest BCUT2D eigenvalue weighted by Crippen LogP contribution is -2.30. The Labute approximate surface area is 270 Å². The van der Waals surface area contributed by atoms with E-state index in [0.717, 1.165) is 35.3 Å². The van der Waals surface area contributed by atoms with Crippen LogP contribution in [0, 0.1) is 0 Å². The van der Waals surface area contributed by atoms with Crippen LogP contribution in [-0.4, -0.2) is 11.5 Å². The summed E-state index contributed by atoms with van der Waals surface area (Å²) >= 11 is 1.61. The van der Waals surface area contributed by atoms with Crippen LogP contribution in [0.25, 0.3) is 0 Å². The smallest absolute Gasteiger partial charge is 0.494 e. The molecule has 1 heterocycles. The molecule has 0 saturated heterocycles. The average Bonchev–Trinajstić information content (AvgIpc) is 3.44. The molecule has 0 fully saturated rings. The fourth-order valence-corrected chi connectivity index (χ4v) is 6.65. The number of phosphoric ester groups is 1. The molecule has 0 bridgehead atoms. The van der Waals surface area contributed by atoms with E-state index in [9.17, 15) is 9.46 Å². The van der Waals surface area contributed by atoms with Gasteiger partial charge in [-0.15, -0.1) is 0 Å². The standard InChI is InChI=1S/C36H54NO5PS/c1-8-9-10-11-12-13-14-15-16-17-22-40-31-25-32(35(2,3)4)34(33(26-31)36(5,6)7)42-43(38,39)41-30-20-18-19-29(24-30)27-37-21-23-44-28-37/h18-21,23-26,28H,8-17,22,27H2,1-7H3/p+1. The van der Waals surface area contributed by atoms with Gasteiger partial charge in [0.1, 0.15) is 17.2 Å². The summed E-state index contributed by atoms with van der Waals surface area (Å²) in [7, 11) is -4.53. The zero-order chi connectivity index (χ0) is 32.2. The summed E-state index contributed by atoms with van der Waals surface area (Å²) < 4.78 is 33.4. The highest BCUT2D eigenvalue weighted by Gasteiger charge is 2.34. The normalized spacial score (nSPS) is 13.5. The highest BCUT2D eigenvalue weighted by atomic mass is 32.1. The average molecular weight is 645 g/mol. The van der Waals surface area contributed by atoms with Crippen molar-refractivity contribution < 1.29 is 27.8 Å². The SMILES string of the molecule is CCCCCCCCCCCCOc1cc(C(C)(C)C)c(OP(=O)(O)Oc2cccc(C[n+]3ccsc3)c2)c(C(C)(C)C)c1. The van der Waals surface area contributed by atoms with Crippen molar-refractivity contribution in [2.24, 2.45) is 0 Å². The summed E-state index contributed by atoms with van der Waals surface area (Å²) in [5.74, 6) is 1.43. The van der Waals surface area contributed by atoms with E-state index in [2.05, 4.69) is 48.5 Å². The maximum Gasteiger partial charge on any atom is 0.584 e. The first-order valence-electron chi connectivity index (χ1n) is 16.3. The quantitative estimate of drug-likeness (QED) is 0.0848. The maximum absolute atomic E-state index is 13.5. The highest BCUT2D eigenvalue weighted by molar-refractivity contribution is 7.48. The van der Waals surface area contributed by atoms with Crippen LogP contribution < -0.4 is 18.4 Å². The molecule has 1 N–H and O–H groups in total. The predicted octanol–water partition coefficient (Wildman–Crippen LogP) is 10.5. The van der Waals surface area contributed by atoms with Gasteiger partial charge in [-0.1, -0.05) is 130 Å². The molecule has 3 rings (SSSR count). The van der Waals surface area contributed by atoms with Gasteiger partial charge in [0, 0.05) is 16.7 Å². The van der Waals surface area contributed by atoms with E-state index in [4.69, 9.17) is 13.8 Å². The topological polar surface area (TPSA) is 68.9 Å². The first kappa shape index (κ1) is 36.1. The van der Waals surface area contributed by atoms with Crippen LogP contribution in [0.4, 0.5) is 0 Å². The number of hydrogen-bond acceptors (Lipinski definition) is 5. The number of phosphoric acid groups is 1. The fourth-order valence-electron chi connectivity index (χ4n) is 5.21. The van der Waals surface area contributed by atoms with Crippen LogP contribution in [0.3, 0.4) is 0 Å². The minimum atomic E-state index is -4.53. The van der Waals surface area contributed by atoms with Gasteiger partial charge < -0.3 is 13.8 Å². The molecule has 8 heteroatoms. The number of ether oxygens (including phenoxy) is 1. The number of aromatic nitrogens is 1. The Morgan fingerprint density at radius 3 is 1.93 bits per heavy atom. The third-order valence-electron chi connectivity index (χ3n) is 7.66. The summed E-state index contributed by atoms with van der Waals surface area (Å²) in [5.41, 5.74) is 3.85. The minimum absolute atomic E-state index is 0.287. The molecule has 0 amide bonds. The first-order valence-corrected chi connectivity index (χ1v) is 18.8. The lowest BCUT2D eigenvalue weighted by molar-refractivity contribution is -0.683. The molecule has 1 atom stereocenters. The molecule has 244 valence electrons. The molecule has 3 aromatic rings. The van der Waals surface area contributed by atoms with Gasteiger partial charge in [-0.2, -0.15) is 4.57 Å². The van der Waals surface area contributed by atoms with Crippen molar-refractivity contribution in [2.75, 3.05) is 6.61 Å². The zero-order valence-corrected chi connectivity index (χ0v) is 29.8. The molecule has 0 saturated carbocycles. The maximum atomic E-state index is 13.5. The molecule has 0 aliphatic rings. The highest BCUT2D eigenvalue weighted by Crippen LogP contribution is 2.51. The van der Waals surface area contributed by atoms with Crippen LogP contribution in [-0.2, 0) is 21.9 Å². The van der Waals surface area contributed by atoms with Gasteiger partial charge in [0.15, 0.2) is 12.7 Å². The molecule has 1 unspecified atom stereocenters. The molecule has 0 aliphatic heterocycles. The summed E-state index contributed by atoms with van der Waals surface area (Å²) in [4.78, 5) is 11.0. The van der Waals surface area contributed by atoms with E-state index in [-0.39, 0.29) is 16.6 Å². The third-order valence-corrected chi connectivity index (χ3v) is 9.19. The van der Waals surface area contributed by atoms with Crippen molar-refractivity contribution in [2.45, 2.75) is 130 Å². The second-order valence-electron chi connectivity index (χ2n) is 13.9. The van der Waals surface area contributed by atoms with Crippen LogP contribution >= 0.6 is 19.2 Å². The van der Waals surface area contributed by atoms with Crippen molar-refractivity contribution >= 4 is 19.2 Å². The van der Waals surface area contributed by atoms with Gasteiger partial charge in [-0.05, 0) is 41.5 Å². The monoisotopic (exact) mass is 644 g/mol. The lowest BCUT2D eigenvalue weighted by Gasteiger charge is -2.31. The number of thiazole rings is 1. The van der Waals surface area contributed by atoms with E-state index in [1.165, 1.54) is 51.4 Å². The largest absolute Gasteiger partial charge is 0.584 e. The van der Waals surface area contributed by atoms with Crippen LogP contribution in [0.2, 0.25) is 0 Å². The Bertz CT molecular complexity index is 1290.